The quantitative estimate of drug-likeness (QED) is 0.506. The highest BCUT2D eigenvalue weighted by molar-refractivity contribution is 5.01. The lowest BCUT2D eigenvalue weighted by Crippen LogP contribution is -2.17. The number of hydrogen-bond acceptors (Lipinski definition) is 4. The van der Waals surface area contributed by atoms with E-state index in [0.717, 1.165) is 25.7 Å². The number of hydrogen-bond donors (Lipinski definition) is 0. The Morgan fingerprint density at radius 2 is 1.70 bits per heavy atom. The molecular formula is C19H32O4. The van der Waals surface area contributed by atoms with Crippen molar-refractivity contribution in [2.75, 3.05) is 14.2 Å². The molecular weight excluding hydrogens is 292 g/mol. The zero-order valence-electron chi connectivity index (χ0n) is 14.9. The lowest BCUT2D eigenvalue weighted by molar-refractivity contribution is 0.0646. The minimum absolute atomic E-state index is 0.0207. The van der Waals surface area contributed by atoms with Crippen LogP contribution in [0.25, 0.3) is 0 Å². The van der Waals surface area contributed by atoms with Crippen molar-refractivity contribution in [3.8, 4) is 0 Å². The maximum absolute atomic E-state index is 11.3. The zero-order valence-corrected chi connectivity index (χ0v) is 14.9. The van der Waals surface area contributed by atoms with Crippen molar-refractivity contribution in [2.45, 2.75) is 76.9 Å². The lowest BCUT2D eigenvalue weighted by Gasteiger charge is -2.18. The summed E-state index contributed by atoms with van der Waals surface area (Å²) in [6, 6.07) is 2.96. The second-order valence-corrected chi connectivity index (χ2v) is 6.13. The molecule has 0 aliphatic rings. The van der Waals surface area contributed by atoms with Crippen molar-refractivity contribution in [3.05, 3.63) is 34.4 Å². The average molecular weight is 324 g/mol. The maximum atomic E-state index is 11.3. The third kappa shape index (κ3) is 8.92. The molecule has 132 valence electrons. The molecule has 0 aromatic carbocycles. The first-order valence-electron chi connectivity index (χ1n) is 8.82. The second kappa shape index (κ2) is 12.3. The minimum atomic E-state index is -0.0207. The molecule has 1 aromatic heterocycles. The van der Waals surface area contributed by atoms with E-state index in [2.05, 4.69) is 6.92 Å². The molecule has 4 nitrogen and oxygen atoms in total. The summed E-state index contributed by atoms with van der Waals surface area (Å²) in [6.07, 6.45) is 11.8. The first kappa shape index (κ1) is 19.9. The van der Waals surface area contributed by atoms with E-state index in [-0.39, 0.29) is 11.5 Å². The van der Waals surface area contributed by atoms with Crippen LogP contribution >= 0.6 is 0 Å². The van der Waals surface area contributed by atoms with E-state index in [1.807, 2.05) is 0 Å². The minimum Gasteiger partial charge on any atom is -0.469 e. The van der Waals surface area contributed by atoms with E-state index in [9.17, 15) is 4.79 Å². The summed E-state index contributed by atoms with van der Waals surface area (Å²) in [6.45, 7) is 2.23. The van der Waals surface area contributed by atoms with E-state index in [4.69, 9.17) is 13.9 Å². The molecule has 0 radical (unpaired) electrons. The standard InChI is InChI=1S/C19H32O4/c1-4-5-6-7-9-17(21-2)10-8-11-18(22-3)15-19-14-16(20)12-13-23-19/h12-14,17-18H,4-11,15H2,1-3H3. The van der Waals surface area contributed by atoms with Crippen LogP contribution in [0.2, 0.25) is 0 Å². The van der Waals surface area contributed by atoms with Crippen LogP contribution in [0.1, 0.15) is 64.1 Å². The summed E-state index contributed by atoms with van der Waals surface area (Å²) < 4.78 is 16.5. The van der Waals surface area contributed by atoms with Gasteiger partial charge in [0.25, 0.3) is 0 Å². The van der Waals surface area contributed by atoms with E-state index >= 15 is 0 Å². The number of methoxy groups -OCH3 is 2. The number of rotatable bonds is 13. The molecule has 23 heavy (non-hydrogen) atoms. The second-order valence-electron chi connectivity index (χ2n) is 6.13. The van der Waals surface area contributed by atoms with Gasteiger partial charge in [-0.15, -0.1) is 0 Å². The van der Waals surface area contributed by atoms with Crippen molar-refractivity contribution in [2.24, 2.45) is 0 Å². The van der Waals surface area contributed by atoms with Crippen LogP contribution in [-0.2, 0) is 15.9 Å². The van der Waals surface area contributed by atoms with Gasteiger partial charge in [0, 0.05) is 32.8 Å². The molecule has 0 spiro atoms. The van der Waals surface area contributed by atoms with Gasteiger partial charge in [-0.1, -0.05) is 32.6 Å². The third-order valence-electron chi connectivity index (χ3n) is 4.28. The van der Waals surface area contributed by atoms with Gasteiger partial charge in [-0.3, -0.25) is 4.79 Å². The van der Waals surface area contributed by atoms with Crippen LogP contribution in [-0.4, -0.2) is 26.4 Å². The summed E-state index contributed by atoms with van der Waals surface area (Å²) in [5.41, 5.74) is -0.0207. The van der Waals surface area contributed by atoms with Gasteiger partial charge in [0.05, 0.1) is 18.5 Å². The van der Waals surface area contributed by atoms with Gasteiger partial charge >= 0.3 is 0 Å². The largest absolute Gasteiger partial charge is 0.469 e. The fourth-order valence-electron chi connectivity index (χ4n) is 2.82. The van der Waals surface area contributed by atoms with Crippen LogP contribution in [0.15, 0.2) is 27.6 Å². The van der Waals surface area contributed by atoms with E-state index in [1.165, 1.54) is 44.1 Å². The highest BCUT2D eigenvalue weighted by Gasteiger charge is 2.13. The van der Waals surface area contributed by atoms with Crippen molar-refractivity contribution >= 4 is 0 Å². The molecule has 0 saturated carbocycles. The summed E-state index contributed by atoms with van der Waals surface area (Å²) in [5.74, 6) is 0.687. The zero-order chi connectivity index (χ0) is 16.9. The van der Waals surface area contributed by atoms with Gasteiger partial charge in [0.1, 0.15) is 5.76 Å². The van der Waals surface area contributed by atoms with Gasteiger partial charge in [0.2, 0.25) is 0 Å². The molecule has 0 amide bonds. The molecule has 2 unspecified atom stereocenters. The van der Waals surface area contributed by atoms with E-state index in [0.29, 0.717) is 18.3 Å². The Labute approximate surface area is 140 Å². The fraction of sp³-hybridized carbons (Fsp3) is 0.737. The molecule has 0 aliphatic heterocycles. The summed E-state index contributed by atoms with van der Waals surface area (Å²) in [5, 5.41) is 0. The Balaban J connectivity index is 2.28. The van der Waals surface area contributed by atoms with Crippen molar-refractivity contribution in [1.29, 1.82) is 0 Å². The Bertz CT molecular complexity index is 455. The Hall–Kier alpha value is -1.13. The third-order valence-corrected chi connectivity index (χ3v) is 4.28. The number of ether oxygens (including phenoxy) is 2. The first-order chi connectivity index (χ1) is 11.2. The molecule has 1 rings (SSSR count). The molecule has 4 heteroatoms. The van der Waals surface area contributed by atoms with E-state index < -0.39 is 0 Å². The van der Waals surface area contributed by atoms with Crippen LogP contribution in [0.4, 0.5) is 0 Å². The number of unbranched alkanes of at least 4 members (excludes halogenated alkanes) is 3. The Morgan fingerprint density at radius 1 is 1.00 bits per heavy atom. The summed E-state index contributed by atoms with van der Waals surface area (Å²) in [4.78, 5) is 11.3. The lowest BCUT2D eigenvalue weighted by atomic mass is 10.0. The van der Waals surface area contributed by atoms with Gasteiger partial charge < -0.3 is 13.9 Å². The normalized spacial score (nSPS) is 13.9. The van der Waals surface area contributed by atoms with Gasteiger partial charge in [-0.05, 0) is 25.7 Å². The predicted molar refractivity (Wildman–Crippen MR) is 92.9 cm³/mol. The molecule has 0 saturated heterocycles. The van der Waals surface area contributed by atoms with Crippen LogP contribution in [0.5, 0.6) is 0 Å². The monoisotopic (exact) mass is 324 g/mol. The average Bonchev–Trinajstić information content (AvgIpc) is 2.56. The van der Waals surface area contributed by atoms with Crippen molar-refractivity contribution < 1.29 is 13.9 Å². The van der Waals surface area contributed by atoms with Gasteiger partial charge in [-0.25, -0.2) is 0 Å². The molecule has 0 bridgehead atoms. The van der Waals surface area contributed by atoms with Crippen molar-refractivity contribution in [3.63, 3.8) is 0 Å². The summed E-state index contributed by atoms with van der Waals surface area (Å²) in [7, 11) is 3.52. The van der Waals surface area contributed by atoms with Crippen LogP contribution in [0.3, 0.4) is 0 Å². The van der Waals surface area contributed by atoms with Crippen LogP contribution in [0, 0.1) is 0 Å². The smallest absolute Gasteiger partial charge is 0.185 e. The topological polar surface area (TPSA) is 48.7 Å². The van der Waals surface area contributed by atoms with Gasteiger partial charge in [0.15, 0.2) is 5.43 Å². The molecule has 1 aromatic rings. The Morgan fingerprint density at radius 3 is 2.35 bits per heavy atom. The highest BCUT2D eigenvalue weighted by Crippen LogP contribution is 2.16. The highest BCUT2D eigenvalue weighted by atomic mass is 16.5. The van der Waals surface area contributed by atoms with E-state index in [1.54, 1.807) is 14.2 Å². The molecule has 0 fully saturated rings. The summed E-state index contributed by atoms with van der Waals surface area (Å²) >= 11 is 0. The Kier molecular flexibility index (Phi) is 10.7. The van der Waals surface area contributed by atoms with Crippen LogP contribution < -0.4 is 5.43 Å². The van der Waals surface area contributed by atoms with Gasteiger partial charge in [-0.2, -0.15) is 0 Å². The first-order valence-corrected chi connectivity index (χ1v) is 8.82. The molecule has 2 atom stereocenters. The molecule has 1 heterocycles. The van der Waals surface area contributed by atoms with Crippen molar-refractivity contribution in [1.82, 2.24) is 0 Å². The molecule has 0 N–H and O–H groups in total. The maximum Gasteiger partial charge on any atom is 0.185 e. The molecule has 0 aliphatic carbocycles. The SMILES string of the molecule is CCCCCCC(CCCC(Cc1cc(=O)cco1)OC)OC. The predicted octanol–water partition coefficient (Wildman–Crippen LogP) is 4.35. The fourth-order valence-corrected chi connectivity index (χ4v) is 2.82.